The van der Waals surface area contributed by atoms with Crippen LogP contribution < -0.4 is 43.0 Å². The van der Waals surface area contributed by atoms with Gasteiger partial charge in [-0.2, -0.15) is 0 Å². The van der Waals surface area contributed by atoms with Crippen molar-refractivity contribution in [2.45, 2.75) is 166 Å². The molecule has 346 valence electrons. The number of hydrogen-bond donors (Lipinski definition) is 11. The van der Waals surface area contributed by atoms with Gasteiger partial charge in [0.2, 0.25) is 12.3 Å². The number of carbonyl (C=O) groups is 1. The smallest absolute Gasteiger partial charge is 0.240 e. The largest absolute Gasteiger partial charge is 0.392 e. The second-order valence-electron chi connectivity index (χ2n) is 19.3. The summed E-state index contributed by atoms with van der Waals surface area (Å²) in [5.74, 6) is 0.0147. The van der Waals surface area contributed by atoms with Gasteiger partial charge in [0.25, 0.3) is 0 Å². The molecule has 6 rings (SSSR count). The Morgan fingerprint density at radius 2 is 1.80 bits per heavy atom. The molecule has 17 unspecified atom stereocenters. The number of likely N-dealkylation sites (tertiary alicyclic amines) is 1. The van der Waals surface area contributed by atoms with Gasteiger partial charge in [-0.05, 0) is 101 Å². The predicted octanol–water partition coefficient (Wildman–Crippen LogP) is 0.211. The molecule has 0 radical (unpaired) electrons. The van der Waals surface area contributed by atoms with E-state index < -0.39 is 37.1 Å². The van der Waals surface area contributed by atoms with E-state index in [1.165, 1.54) is 7.11 Å². The van der Waals surface area contributed by atoms with Crippen LogP contribution >= 0.6 is 0 Å². The SMILES string of the molecule is CCCN(CC1NCC(C2C=C(F)C(C3CC4CC(C5CNC(C6CCCN6C(O)CC(C)COC(N)NC)N5)CCCC4N3)C(O)C2)N1)C(=O)C(NC(O)OC)C(C)C. The molecule has 0 aromatic heterocycles. The second-order valence-corrected chi connectivity index (χ2v) is 19.3. The van der Waals surface area contributed by atoms with Crippen molar-refractivity contribution in [1.29, 1.82) is 0 Å². The second kappa shape index (κ2) is 22.5. The third kappa shape index (κ3) is 12.0. The fourth-order valence-corrected chi connectivity index (χ4v) is 11.4. The van der Waals surface area contributed by atoms with E-state index in [1.54, 1.807) is 13.1 Å². The predicted molar refractivity (Wildman–Crippen MR) is 229 cm³/mol. The molecule has 17 atom stereocenters. The highest BCUT2D eigenvalue weighted by molar-refractivity contribution is 5.82. The molecule has 4 aliphatic heterocycles. The Morgan fingerprint density at radius 1 is 1.02 bits per heavy atom. The number of nitrogens with one attached hydrogen (secondary N) is 7. The maximum atomic E-state index is 16.2. The van der Waals surface area contributed by atoms with Crippen LogP contribution in [0.5, 0.6) is 0 Å². The zero-order chi connectivity index (χ0) is 43.1. The Bertz CT molecular complexity index is 1370. The number of methoxy groups -OCH3 is 1. The highest BCUT2D eigenvalue weighted by Crippen LogP contribution is 2.43. The number of amides is 1. The van der Waals surface area contributed by atoms with Gasteiger partial charge in [-0.25, -0.2) is 4.39 Å². The van der Waals surface area contributed by atoms with Gasteiger partial charge < -0.3 is 35.0 Å². The quantitative estimate of drug-likeness (QED) is 0.0740. The number of rotatable bonds is 20. The van der Waals surface area contributed by atoms with Gasteiger partial charge in [-0.3, -0.25) is 47.3 Å². The van der Waals surface area contributed by atoms with E-state index in [4.69, 9.17) is 15.2 Å². The standard InChI is InChI=1S/C43H81FN10O6/c1-7-13-53(41(57)39(24(2)3)52-43(58)59-6)22-36-47-20-33(50-36)28-17-29(44)38(35(55)19-28)31-18-27-16-26(10-8-11-30(27)49-31)32-21-48-40(51-32)34-12-9-14-54(34)37(56)15-25(4)23-60-42(45)46-5/h17,24-28,30-40,42-43,46-52,55-56,58H,7-16,18-23,45H2,1-6H3. The maximum Gasteiger partial charge on any atom is 0.240 e. The molecule has 0 spiro atoms. The van der Waals surface area contributed by atoms with Crippen molar-refractivity contribution in [1.82, 2.24) is 47.0 Å². The lowest BCUT2D eigenvalue weighted by molar-refractivity contribution is -0.144. The van der Waals surface area contributed by atoms with Crippen LogP contribution in [0.4, 0.5) is 4.39 Å². The van der Waals surface area contributed by atoms with Crippen LogP contribution in [-0.2, 0) is 14.3 Å². The van der Waals surface area contributed by atoms with Crippen molar-refractivity contribution < 1.29 is 34.0 Å². The highest BCUT2D eigenvalue weighted by atomic mass is 19.1. The summed E-state index contributed by atoms with van der Waals surface area (Å²) in [6, 6.07) is 0.121. The number of fused-ring (bicyclic) bond motifs is 1. The average molecular weight is 853 g/mol. The number of hydrogen-bond acceptors (Lipinski definition) is 15. The zero-order valence-corrected chi connectivity index (χ0v) is 37.2. The van der Waals surface area contributed by atoms with Crippen LogP contribution in [0.15, 0.2) is 11.9 Å². The average Bonchev–Trinajstić information content (AvgIpc) is 4.05. The van der Waals surface area contributed by atoms with E-state index in [0.29, 0.717) is 63.0 Å². The molecular weight excluding hydrogens is 772 g/mol. The lowest BCUT2D eigenvalue weighted by Gasteiger charge is -2.36. The molecule has 0 aromatic rings. The first-order chi connectivity index (χ1) is 28.8. The number of nitrogens with zero attached hydrogens (tertiary/aromatic N) is 2. The third-order valence-electron chi connectivity index (χ3n) is 14.6. The fourth-order valence-electron chi connectivity index (χ4n) is 11.4. The molecule has 1 saturated carbocycles. The van der Waals surface area contributed by atoms with Crippen LogP contribution in [0.1, 0.15) is 91.9 Å². The molecule has 5 fully saturated rings. The molecule has 1 amide bonds. The van der Waals surface area contributed by atoms with E-state index in [2.05, 4.69) is 49.0 Å². The normalized spacial score (nSPS) is 37.7. The van der Waals surface area contributed by atoms with Gasteiger partial charge >= 0.3 is 0 Å². The molecule has 60 heavy (non-hydrogen) atoms. The number of nitrogens with two attached hydrogens (primary N) is 1. The molecule has 6 aliphatic rings. The van der Waals surface area contributed by atoms with Crippen LogP contribution in [0.2, 0.25) is 0 Å². The maximum absolute atomic E-state index is 16.2. The summed E-state index contributed by atoms with van der Waals surface area (Å²) in [7, 11) is 3.15. The van der Waals surface area contributed by atoms with Crippen molar-refractivity contribution >= 4 is 5.91 Å². The third-order valence-corrected chi connectivity index (χ3v) is 14.6. The van der Waals surface area contributed by atoms with Gasteiger partial charge in [0.05, 0.1) is 37.0 Å². The van der Waals surface area contributed by atoms with Gasteiger partial charge in [0, 0.05) is 70.0 Å². The molecule has 17 heteroatoms. The van der Waals surface area contributed by atoms with Crippen molar-refractivity contribution in [2.75, 3.05) is 53.5 Å². The summed E-state index contributed by atoms with van der Waals surface area (Å²) in [6.07, 6.45) is 7.95. The number of carbonyl (C=O) groups excluding carboxylic acids is 1. The summed E-state index contributed by atoms with van der Waals surface area (Å²) < 4.78 is 26.8. The number of halogens is 1. The van der Waals surface area contributed by atoms with Crippen LogP contribution in [0, 0.1) is 35.5 Å². The topological polar surface area (TPSA) is 213 Å². The van der Waals surface area contributed by atoms with Crippen molar-refractivity contribution in [3.05, 3.63) is 11.9 Å². The number of ether oxygens (including phenoxy) is 2. The number of aliphatic hydroxyl groups is 3. The Balaban J connectivity index is 0.990. The highest BCUT2D eigenvalue weighted by Gasteiger charge is 2.48. The zero-order valence-electron chi connectivity index (χ0n) is 37.2. The van der Waals surface area contributed by atoms with Gasteiger partial charge in [-0.1, -0.05) is 34.1 Å². The molecule has 0 aromatic carbocycles. The summed E-state index contributed by atoms with van der Waals surface area (Å²) in [5.41, 5.74) is 5.84. The molecule has 0 bridgehead atoms. The lowest BCUT2D eigenvalue weighted by atomic mass is 9.76. The van der Waals surface area contributed by atoms with E-state index in [1.807, 2.05) is 25.7 Å². The summed E-state index contributed by atoms with van der Waals surface area (Å²) in [4.78, 5) is 17.7. The van der Waals surface area contributed by atoms with Crippen molar-refractivity contribution in [2.24, 2.45) is 41.2 Å². The molecule has 12 N–H and O–H groups in total. The van der Waals surface area contributed by atoms with E-state index >= 15 is 4.39 Å². The molecule has 4 saturated heterocycles. The Labute approximate surface area is 358 Å². The Morgan fingerprint density at radius 3 is 2.52 bits per heavy atom. The minimum Gasteiger partial charge on any atom is -0.392 e. The first-order valence-corrected chi connectivity index (χ1v) is 23.3. The van der Waals surface area contributed by atoms with Gasteiger partial charge in [0.1, 0.15) is 12.1 Å². The van der Waals surface area contributed by atoms with E-state index in [9.17, 15) is 20.1 Å². The Hall–Kier alpha value is -1.42. The molecular formula is C43H81FN10O6. The molecule has 2 aliphatic carbocycles. The van der Waals surface area contributed by atoms with Gasteiger partial charge in [-0.15, -0.1) is 0 Å². The van der Waals surface area contributed by atoms with Crippen LogP contribution in [0.3, 0.4) is 0 Å². The summed E-state index contributed by atoms with van der Waals surface area (Å²) in [6.45, 7) is 11.9. The minimum absolute atomic E-state index is 0.0620. The first kappa shape index (κ1) is 48.0. The first-order valence-electron chi connectivity index (χ1n) is 23.3. The van der Waals surface area contributed by atoms with Crippen molar-refractivity contribution in [3.63, 3.8) is 0 Å². The molecule has 16 nitrogen and oxygen atoms in total. The van der Waals surface area contributed by atoms with E-state index in [-0.39, 0.29) is 59.9 Å². The van der Waals surface area contributed by atoms with Crippen molar-refractivity contribution in [3.8, 4) is 0 Å². The number of aliphatic hydroxyl groups excluding tert-OH is 3. The Kier molecular flexibility index (Phi) is 18.0. The summed E-state index contributed by atoms with van der Waals surface area (Å²) >= 11 is 0. The monoisotopic (exact) mass is 853 g/mol. The molecule has 4 heterocycles. The lowest BCUT2D eigenvalue weighted by Crippen LogP contribution is -2.56. The fraction of sp³-hybridized carbons (Fsp3) is 0.930. The summed E-state index contributed by atoms with van der Waals surface area (Å²) in [5, 5.41) is 57.4. The minimum atomic E-state index is -1.24. The van der Waals surface area contributed by atoms with Gasteiger partial charge in [0.15, 0.2) is 6.35 Å². The van der Waals surface area contributed by atoms with E-state index in [0.717, 1.165) is 64.5 Å². The van der Waals surface area contributed by atoms with Crippen LogP contribution in [-0.4, -0.2) is 158 Å². The van der Waals surface area contributed by atoms with Crippen LogP contribution in [0.25, 0.3) is 0 Å².